The molecule has 0 N–H and O–H groups in total. The van der Waals surface area contributed by atoms with Crippen LogP contribution in [0.4, 0.5) is 0 Å². The lowest BCUT2D eigenvalue weighted by molar-refractivity contribution is 0.847. The Morgan fingerprint density at radius 3 is 1.75 bits per heavy atom. The van der Waals surface area contributed by atoms with E-state index in [4.69, 9.17) is 0 Å². The fourth-order valence-corrected chi connectivity index (χ4v) is 2.17. The second-order valence-electron chi connectivity index (χ2n) is 5.13. The number of allylic oxidation sites excluding steroid dienone is 2. The van der Waals surface area contributed by atoms with Crippen molar-refractivity contribution in [1.82, 2.24) is 0 Å². The topological polar surface area (TPSA) is 0 Å². The van der Waals surface area contributed by atoms with Crippen LogP contribution >= 0.6 is 0 Å². The maximum Gasteiger partial charge on any atom is -0.0196 e. The van der Waals surface area contributed by atoms with Gasteiger partial charge < -0.3 is 0 Å². The van der Waals surface area contributed by atoms with Gasteiger partial charge in [0, 0.05) is 0 Å². The second kappa shape index (κ2) is 11.8. The summed E-state index contributed by atoms with van der Waals surface area (Å²) in [6.45, 7) is 21.3. The van der Waals surface area contributed by atoms with E-state index in [-0.39, 0.29) is 0 Å². The minimum atomic E-state index is 0.591. The normalized spacial score (nSPS) is 10.7. The summed E-state index contributed by atoms with van der Waals surface area (Å²) in [5, 5.41) is 0. The number of benzene rings is 1. The summed E-state index contributed by atoms with van der Waals surface area (Å²) in [4.78, 5) is 0. The van der Waals surface area contributed by atoms with Gasteiger partial charge in [-0.3, -0.25) is 0 Å². The molecule has 0 nitrogen and oxygen atoms in total. The zero-order valence-electron chi connectivity index (χ0n) is 15.5. The van der Waals surface area contributed by atoms with E-state index in [1.807, 2.05) is 27.7 Å². The molecule has 0 heteroatoms. The van der Waals surface area contributed by atoms with Crippen molar-refractivity contribution in [2.45, 2.75) is 75.2 Å². The molecule has 0 amide bonds. The lowest BCUT2D eigenvalue weighted by atomic mass is 9.89. The van der Waals surface area contributed by atoms with Crippen LogP contribution in [0.1, 0.15) is 84.9 Å². The molecule has 0 unspecified atom stereocenters. The summed E-state index contributed by atoms with van der Waals surface area (Å²) >= 11 is 0. The van der Waals surface area contributed by atoms with E-state index in [2.05, 4.69) is 65.8 Å². The van der Waals surface area contributed by atoms with Crippen molar-refractivity contribution < 1.29 is 0 Å². The first-order valence-corrected chi connectivity index (χ1v) is 8.24. The van der Waals surface area contributed by atoms with Crippen molar-refractivity contribution in [3.63, 3.8) is 0 Å². The molecule has 20 heavy (non-hydrogen) atoms. The first-order chi connectivity index (χ1) is 9.47. The van der Waals surface area contributed by atoms with Gasteiger partial charge in [0.1, 0.15) is 0 Å². The highest BCUT2D eigenvalue weighted by atomic mass is 14.1. The van der Waals surface area contributed by atoms with Crippen molar-refractivity contribution in [3.05, 3.63) is 41.0 Å². The van der Waals surface area contributed by atoms with Crippen LogP contribution in [0.2, 0.25) is 0 Å². The highest BCUT2D eigenvalue weighted by Crippen LogP contribution is 2.28. The van der Waals surface area contributed by atoms with Gasteiger partial charge in [0.15, 0.2) is 0 Å². The smallest absolute Gasteiger partial charge is 0.0196 e. The van der Waals surface area contributed by atoms with Gasteiger partial charge in [-0.25, -0.2) is 0 Å². The fraction of sp³-hybridized carbons (Fsp3) is 0.600. The minimum absolute atomic E-state index is 0.591. The van der Waals surface area contributed by atoms with Crippen LogP contribution in [0.3, 0.4) is 0 Å². The molecule has 0 aliphatic carbocycles. The van der Waals surface area contributed by atoms with E-state index in [0.717, 1.165) is 0 Å². The Morgan fingerprint density at radius 1 is 0.950 bits per heavy atom. The summed E-state index contributed by atoms with van der Waals surface area (Å²) in [5.41, 5.74) is 5.68. The monoisotopic (exact) mass is 276 g/mol. The SMILES string of the molecule is C/C=C(\c1ccc(C(C)C)cc1C)C(C)C.CC.CC. The molecule has 0 saturated carbocycles. The molecule has 0 fully saturated rings. The zero-order chi connectivity index (χ0) is 16.3. The molecular formula is C20H36. The summed E-state index contributed by atoms with van der Waals surface area (Å²) < 4.78 is 0. The van der Waals surface area contributed by atoms with Crippen LogP contribution in [0, 0.1) is 12.8 Å². The first-order valence-electron chi connectivity index (χ1n) is 8.24. The predicted octanol–water partition coefficient (Wildman–Crippen LogP) is 7.23. The summed E-state index contributed by atoms with van der Waals surface area (Å²) in [6.07, 6.45) is 2.24. The minimum Gasteiger partial charge on any atom is -0.0836 e. The van der Waals surface area contributed by atoms with Crippen LogP contribution in [-0.2, 0) is 0 Å². The largest absolute Gasteiger partial charge is 0.0836 e. The molecule has 1 rings (SSSR count). The molecule has 0 spiro atoms. The Kier molecular flexibility index (Phi) is 12.5. The third-order valence-corrected chi connectivity index (χ3v) is 3.16. The van der Waals surface area contributed by atoms with Gasteiger partial charge in [-0.2, -0.15) is 0 Å². The molecule has 1 aromatic rings. The van der Waals surface area contributed by atoms with Gasteiger partial charge in [-0.1, -0.05) is 79.7 Å². The van der Waals surface area contributed by atoms with Gasteiger partial charge in [0.25, 0.3) is 0 Å². The molecule has 0 saturated heterocycles. The fourth-order valence-electron chi connectivity index (χ4n) is 2.17. The number of aryl methyl sites for hydroxylation is 1. The third-order valence-electron chi connectivity index (χ3n) is 3.16. The molecular weight excluding hydrogens is 240 g/mol. The van der Waals surface area contributed by atoms with E-state index in [0.29, 0.717) is 11.8 Å². The molecule has 0 radical (unpaired) electrons. The predicted molar refractivity (Wildman–Crippen MR) is 96.5 cm³/mol. The van der Waals surface area contributed by atoms with Crippen LogP contribution in [-0.4, -0.2) is 0 Å². The summed E-state index contributed by atoms with van der Waals surface area (Å²) in [6, 6.07) is 6.87. The molecule has 116 valence electrons. The lowest BCUT2D eigenvalue weighted by Gasteiger charge is -2.16. The Morgan fingerprint density at radius 2 is 1.45 bits per heavy atom. The Labute approximate surface area is 128 Å². The molecule has 0 aliphatic rings. The van der Waals surface area contributed by atoms with Crippen molar-refractivity contribution in [1.29, 1.82) is 0 Å². The van der Waals surface area contributed by atoms with Gasteiger partial charge in [-0.15, -0.1) is 0 Å². The zero-order valence-corrected chi connectivity index (χ0v) is 15.5. The van der Waals surface area contributed by atoms with Crippen LogP contribution in [0.5, 0.6) is 0 Å². The van der Waals surface area contributed by atoms with E-state index >= 15 is 0 Å². The molecule has 0 aliphatic heterocycles. The van der Waals surface area contributed by atoms with Gasteiger partial charge in [-0.05, 0) is 47.9 Å². The Bertz CT molecular complexity index is 381. The maximum atomic E-state index is 2.33. The molecule has 0 heterocycles. The second-order valence-corrected chi connectivity index (χ2v) is 5.13. The third kappa shape index (κ3) is 6.41. The first kappa shape index (κ1) is 21.3. The van der Waals surface area contributed by atoms with Crippen LogP contribution in [0.15, 0.2) is 24.3 Å². The van der Waals surface area contributed by atoms with Gasteiger partial charge in [0.05, 0.1) is 0 Å². The highest BCUT2D eigenvalue weighted by molar-refractivity contribution is 5.69. The van der Waals surface area contributed by atoms with E-state index in [9.17, 15) is 0 Å². The quantitative estimate of drug-likeness (QED) is 0.546. The van der Waals surface area contributed by atoms with Crippen molar-refractivity contribution >= 4 is 5.57 Å². The van der Waals surface area contributed by atoms with Crippen LogP contribution < -0.4 is 0 Å². The Hall–Kier alpha value is -1.04. The van der Waals surface area contributed by atoms with E-state index < -0.39 is 0 Å². The average Bonchev–Trinajstić information content (AvgIpc) is 2.45. The Balaban J connectivity index is 0. The van der Waals surface area contributed by atoms with Crippen molar-refractivity contribution in [3.8, 4) is 0 Å². The molecule has 0 atom stereocenters. The lowest BCUT2D eigenvalue weighted by Crippen LogP contribution is -1.98. The van der Waals surface area contributed by atoms with E-state index in [1.165, 1.54) is 22.3 Å². The standard InChI is InChI=1S/C16H24.2C2H6/c1-7-15(12(4)5)16-9-8-14(11(2)3)10-13(16)6;2*1-2/h7-12H,1-6H3;2*1-2H3/b15-7-;;. The molecule has 0 aromatic heterocycles. The summed E-state index contributed by atoms with van der Waals surface area (Å²) in [7, 11) is 0. The van der Waals surface area contributed by atoms with Crippen molar-refractivity contribution in [2.24, 2.45) is 5.92 Å². The summed E-state index contributed by atoms with van der Waals surface area (Å²) in [5.74, 6) is 1.20. The number of hydrogen-bond donors (Lipinski definition) is 0. The van der Waals surface area contributed by atoms with E-state index in [1.54, 1.807) is 0 Å². The number of rotatable bonds is 3. The molecule has 0 bridgehead atoms. The highest BCUT2D eigenvalue weighted by Gasteiger charge is 2.09. The van der Waals surface area contributed by atoms with Gasteiger partial charge >= 0.3 is 0 Å². The molecule has 1 aromatic carbocycles. The van der Waals surface area contributed by atoms with Crippen LogP contribution in [0.25, 0.3) is 5.57 Å². The maximum absolute atomic E-state index is 2.33. The number of hydrogen-bond acceptors (Lipinski definition) is 0. The average molecular weight is 277 g/mol. The van der Waals surface area contributed by atoms with Crippen molar-refractivity contribution in [2.75, 3.05) is 0 Å². The van der Waals surface area contributed by atoms with Gasteiger partial charge in [0.2, 0.25) is 0 Å².